The van der Waals surface area contributed by atoms with Crippen LogP contribution in [-0.2, 0) is 9.59 Å². The monoisotopic (exact) mass is 402 g/mol. The highest BCUT2D eigenvalue weighted by atomic mass is 35.5. The van der Waals surface area contributed by atoms with Crippen molar-refractivity contribution >= 4 is 34.7 Å². The van der Waals surface area contributed by atoms with Crippen LogP contribution >= 0.6 is 11.6 Å². The molecule has 1 aliphatic heterocycles. The van der Waals surface area contributed by atoms with E-state index in [4.69, 9.17) is 16.3 Å². The lowest BCUT2D eigenvalue weighted by Gasteiger charge is -2.17. The Labute approximate surface area is 167 Å². The van der Waals surface area contributed by atoms with Gasteiger partial charge in [-0.2, -0.15) is 0 Å². The molecule has 146 valence electrons. The molecule has 0 radical (unpaired) electrons. The van der Waals surface area contributed by atoms with Crippen LogP contribution in [0.2, 0.25) is 5.02 Å². The molecule has 7 heteroatoms. The van der Waals surface area contributed by atoms with Crippen molar-refractivity contribution in [2.24, 2.45) is 5.92 Å². The van der Waals surface area contributed by atoms with E-state index in [2.05, 4.69) is 5.32 Å². The summed E-state index contributed by atoms with van der Waals surface area (Å²) in [5.74, 6) is -0.652. The number of hydrogen-bond acceptors (Lipinski definition) is 4. The summed E-state index contributed by atoms with van der Waals surface area (Å²) < 4.78 is 18.5. The molecule has 0 fully saturated rings. The fourth-order valence-corrected chi connectivity index (χ4v) is 3.25. The number of rotatable bonds is 6. The Balaban J connectivity index is 2.05. The summed E-state index contributed by atoms with van der Waals surface area (Å²) in [7, 11) is 1.51. The number of methoxy groups -OCH3 is 1. The number of amides is 2. The van der Waals surface area contributed by atoms with Crippen LogP contribution in [0.25, 0.3) is 5.57 Å². The van der Waals surface area contributed by atoms with Gasteiger partial charge in [-0.15, -0.1) is 0 Å². The third-order valence-electron chi connectivity index (χ3n) is 4.27. The molecule has 0 atom stereocenters. The number of nitrogens with zero attached hydrogens (tertiary/aromatic N) is 1. The van der Waals surface area contributed by atoms with Gasteiger partial charge in [-0.3, -0.25) is 14.5 Å². The molecule has 0 aromatic heterocycles. The first-order valence-electron chi connectivity index (χ1n) is 8.78. The minimum atomic E-state index is -0.426. The van der Waals surface area contributed by atoms with Gasteiger partial charge in [0.2, 0.25) is 0 Å². The third kappa shape index (κ3) is 3.87. The molecule has 0 spiro atoms. The zero-order valence-electron chi connectivity index (χ0n) is 15.8. The molecule has 0 unspecified atom stereocenters. The number of imide groups is 1. The fraction of sp³-hybridized carbons (Fsp3) is 0.238. The topological polar surface area (TPSA) is 58.6 Å². The number of carbonyl (C=O) groups is 2. The fourth-order valence-electron chi connectivity index (χ4n) is 3.00. The Hall–Kier alpha value is -2.86. The van der Waals surface area contributed by atoms with Crippen molar-refractivity contribution in [2.75, 3.05) is 19.0 Å². The molecule has 2 aromatic carbocycles. The molecule has 0 bridgehead atoms. The van der Waals surface area contributed by atoms with E-state index in [1.54, 1.807) is 18.2 Å². The average molecular weight is 403 g/mol. The predicted molar refractivity (Wildman–Crippen MR) is 107 cm³/mol. The highest BCUT2D eigenvalue weighted by Crippen LogP contribution is 2.33. The van der Waals surface area contributed by atoms with E-state index in [0.29, 0.717) is 22.0 Å². The lowest BCUT2D eigenvalue weighted by Crippen LogP contribution is -2.35. The smallest absolute Gasteiger partial charge is 0.278 e. The number of ether oxygens (including phenoxy) is 1. The van der Waals surface area contributed by atoms with E-state index < -0.39 is 17.6 Å². The number of carbonyl (C=O) groups excluding carboxylic acids is 2. The van der Waals surface area contributed by atoms with Crippen LogP contribution in [0.5, 0.6) is 5.75 Å². The average Bonchev–Trinajstić information content (AvgIpc) is 2.87. The first-order valence-corrected chi connectivity index (χ1v) is 9.16. The standard InChI is InChI=1S/C21H20ClFN2O3/c1-12(2)11-25-20(26)18(13-4-6-14(23)7-5-13)19(21(25)27)24-15-8-9-17(28-3)16(22)10-15/h4-10,12,24H,11H2,1-3H3. The van der Waals surface area contributed by atoms with Crippen molar-refractivity contribution in [2.45, 2.75) is 13.8 Å². The first kappa shape index (κ1) is 19.9. The van der Waals surface area contributed by atoms with Gasteiger partial charge in [-0.1, -0.05) is 37.6 Å². The molecule has 1 aliphatic rings. The van der Waals surface area contributed by atoms with Crippen LogP contribution in [0.4, 0.5) is 10.1 Å². The Morgan fingerprint density at radius 1 is 1.11 bits per heavy atom. The minimum absolute atomic E-state index is 0.108. The molecule has 2 aromatic rings. The number of anilines is 1. The lowest BCUT2D eigenvalue weighted by molar-refractivity contribution is -0.137. The molecule has 1 N–H and O–H groups in total. The van der Waals surface area contributed by atoms with Gasteiger partial charge in [-0.05, 0) is 41.8 Å². The normalized spacial score (nSPS) is 14.3. The molecule has 5 nitrogen and oxygen atoms in total. The second-order valence-corrected chi connectivity index (χ2v) is 7.25. The Morgan fingerprint density at radius 2 is 1.79 bits per heavy atom. The number of halogens is 2. The summed E-state index contributed by atoms with van der Waals surface area (Å²) >= 11 is 6.16. The van der Waals surface area contributed by atoms with Crippen molar-refractivity contribution < 1.29 is 18.7 Å². The minimum Gasteiger partial charge on any atom is -0.495 e. The van der Waals surface area contributed by atoms with Crippen LogP contribution in [-0.4, -0.2) is 30.4 Å². The van der Waals surface area contributed by atoms with E-state index in [1.165, 1.54) is 36.3 Å². The molecule has 0 saturated carbocycles. The highest BCUT2D eigenvalue weighted by molar-refractivity contribution is 6.36. The summed E-state index contributed by atoms with van der Waals surface area (Å²) in [4.78, 5) is 27.1. The Kier molecular flexibility index (Phi) is 5.70. The van der Waals surface area contributed by atoms with Gasteiger partial charge in [0.1, 0.15) is 17.3 Å². The van der Waals surface area contributed by atoms with Gasteiger partial charge < -0.3 is 10.1 Å². The maximum atomic E-state index is 13.3. The van der Waals surface area contributed by atoms with Crippen molar-refractivity contribution in [1.29, 1.82) is 0 Å². The maximum Gasteiger partial charge on any atom is 0.278 e. The second-order valence-electron chi connectivity index (χ2n) is 6.85. The molecular formula is C21H20ClFN2O3. The maximum absolute atomic E-state index is 13.3. The predicted octanol–water partition coefficient (Wildman–Crippen LogP) is 4.34. The van der Waals surface area contributed by atoms with Crippen LogP contribution in [0.15, 0.2) is 48.2 Å². The second kappa shape index (κ2) is 8.02. The summed E-state index contributed by atoms with van der Waals surface area (Å²) in [6.07, 6.45) is 0. The SMILES string of the molecule is COc1ccc(NC2=C(c3ccc(F)cc3)C(=O)N(CC(C)C)C2=O)cc1Cl. The summed E-state index contributed by atoms with van der Waals surface area (Å²) in [6, 6.07) is 10.5. The summed E-state index contributed by atoms with van der Waals surface area (Å²) in [6.45, 7) is 4.14. The zero-order chi connectivity index (χ0) is 20.4. The van der Waals surface area contributed by atoms with Crippen LogP contribution in [0.3, 0.4) is 0 Å². The highest BCUT2D eigenvalue weighted by Gasteiger charge is 2.39. The van der Waals surface area contributed by atoms with Crippen molar-refractivity contribution in [3.63, 3.8) is 0 Å². The van der Waals surface area contributed by atoms with E-state index in [1.807, 2.05) is 13.8 Å². The number of hydrogen-bond donors (Lipinski definition) is 1. The van der Waals surface area contributed by atoms with Crippen molar-refractivity contribution in [1.82, 2.24) is 4.90 Å². The molecule has 2 amide bonds. The van der Waals surface area contributed by atoms with Crippen LogP contribution in [0, 0.1) is 11.7 Å². The Bertz CT molecular complexity index is 955. The van der Waals surface area contributed by atoms with Gasteiger partial charge in [0.15, 0.2) is 0 Å². The van der Waals surface area contributed by atoms with Crippen molar-refractivity contribution in [3.8, 4) is 5.75 Å². The van der Waals surface area contributed by atoms with Gasteiger partial charge in [-0.25, -0.2) is 4.39 Å². The number of benzene rings is 2. The van der Waals surface area contributed by atoms with Gasteiger partial charge in [0.25, 0.3) is 11.8 Å². The molecule has 1 heterocycles. The molecule has 3 rings (SSSR count). The van der Waals surface area contributed by atoms with E-state index >= 15 is 0 Å². The summed E-state index contributed by atoms with van der Waals surface area (Å²) in [5.41, 5.74) is 1.34. The third-order valence-corrected chi connectivity index (χ3v) is 4.57. The van der Waals surface area contributed by atoms with Crippen molar-refractivity contribution in [3.05, 3.63) is 64.6 Å². The molecule has 0 saturated heterocycles. The lowest BCUT2D eigenvalue weighted by atomic mass is 10.0. The van der Waals surface area contributed by atoms with Gasteiger partial charge >= 0.3 is 0 Å². The largest absolute Gasteiger partial charge is 0.495 e. The first-order chi connectivity index (χ1) is 13.3. The molecule has 0 aliphatic carbocycles. The molecular weight excluding hydrogens is 383 g/mol. The number of nitrogens with one attached hydrogen (secondary N) is 1. The summed E-state index contributed by atoms with van der Waals surface area (Å²) in [5, 5.41) is 3.38. The van der Waals surface area contributed by atoms with E-state index in [9.17, 15) is 14.0 Å². The van der Waals surface area contributed by atoms with Gasteiger partial charge in [0.05, 0.1) is 17.7 Å². The molecule has 28 heavy (non-hydrogen) atoms. The Morgan fingerprint density at radius 3 is 2.36 bits per heavy atom. The van der Waals surface area contributed by atoms with Crippen LogP contribution in [0.1, 0.15) is 19.4 Å². The van der Waals surface area contributed by atoms with E-state index in [0.717, 1.165) is 0 Å². The quantitative estimate of drug-likeness (QED) is 0.730. The van der Waals surface area contributed by atoms with Gasteiger partial charge in [0, 0.05) is 12.2 Å². The van der Waals surface area contributed by atoms with Crippen LogP contribution < -0.4 is 10.1 Å². The zero-order valence-corrected chi connectivity index (χ0v) is 16.5. The van der Waals surface area contributed by atoms with E-state index in [-0.39, 0.29) is 23.7 Å².